The highest BCUT2D eigenvalue weighted by atomic mass is 15.1. The molecule has 0 N–H and O–H groups in total. The summed E-state index contributed by atoms with van der Waals surface area (Å²) < 4.78 is 0. The third-order valence-corrected chi connectivity index (χ3v) is 11.0. The van der Waals surface area contributed by atoms with E-state index < -0.39 is 0 Å². The molecule has 2 nitrogen and oxygen atoms in total. The highest BCUT2D eigenvalue weighted by Crippen LogP contribution is 2.39. The molecule has 306 valence electrons. The van der Waals surface area contributed by atoms with E-state index in [1.807, 2.05) is 18.2 Å². The van der Waals surface area contributed by atoms with Crippen LogP contribution in [0.2, 0.25) is 0 Å². The molecule has 0 bridgehead atoms. The molecule has 0 aliphatic heterocycles. The lowest BCUT2D eigenvalue weighted by molar-refractivity contribution is 1.22. The van der Waals surface area contributed by atoms with Crippen LogP contribution < -0.4 is 9.80 Å². The molecule has 0 fully saturated rings. The van der Waals surface area contributed by atoms with Gasteiger partial charge in [-0.2, -0.15) is 0 Å². The van der Waals surface area contributed by atoms with Gasteiger partial charge in [-0.25, -0.2) is 0 Å². The molecule has 0 aromatic heterocycles. The van der Waals surface area contributed by atoms with E-state index in [1.54, 1.807) is 6.08 Å². The van der Waals surface area contributed by atoms with E-state index in [-0.39, 0.29) is 0 Å². The summed E-state index contributed by atoms with van der Waals surface area (Å²) in [6.07, 6.45) is 20.4. The molecule has 0 amide bonds. The summed E-state index contributed by atoms with van der Waals surface area (Å²) in [6.45, 7) is 5.92. The van der Waals surface area contributed by atoms with Crippen molar-refractivity contribution in [2.45, 2.75) is 19.8 Å². The Morgan fingerprint density at radius 3 is 1.08 bits per heavy atom. The van der Waals surface area contributed by atoms with Gasteiger partial charge in [-0.1, -0.05) is 202 Å². The van der Waals surface area contributed by atoms with E-state index in [0.29, 0.717) is 0 Å². The maximum absolute atomic E-state index is 3.76. The summed E-state index contributed by atoms with van der Waals surface area (Å²) >= 11 is 0. The fourth-order valence-corrected chi connectivity index (χ4v) is 7.69. The second-order valence-electron chi connectivity index (χ2n) is 15.3. The molecule has 8 rings (SSSR count). The average Bonchev–Trinajstić information content (AvgIpc) is 3.35. The van der Waals surface area contributed by atoms with Gasteiger partial charge in [-0.3, -0.25) is 0 Å². The highest BCUT2D eigenvalue weighted by molar-refractivity contribution is 5.82. The molecule has 0 aliphatic carbocycles. The van der Waals surface area contributed by atoms with Crippen molar-refractivity contribution in [3.05, 3.63) is 273 Å². The van der Waals surface area contributed by atoms with Gasteiger partial charge in [0, 0.05) is 34.1 Å². The summed E-state index contributed by atoms with van der Waals surface area (Å²) in [7, 11) is 0. The van der Waals surface area contributed by atoms with Gasteiger partial charge < -0.3 is 9.80 Å². The smallest absolute Gasteiger partial charge is 0.0462 e. The lowest BCUT2D eigenvalue weighted by Crippen LogP contribution is -2.10. The maximum atomic E-state index is 3.76. The van der Waals surface area contributed by atoms with E-state index in [0.717, 1.165) is 63.7 Å². The van der Waals surface area contributed by atoms with Crippen molar-refractivity contribution < 1.29 is 0 Å². The average molecular weight is 813 g/mol. The van der Waals surface area contributed by atoms with Crippen LogP contribution in [0.25, 0.3) is 39.5 Å². The molecular weight excluding hydrogens is 761 g/mol. The standard InChI is InChI=1S/C61H52N2/c1-3-5-7-9-13-19-49-26-38-57(39-27-49)63(59-42-30-53(31-43-59)51-22-16-11-17-23-51)61-46-34-55(35-47-61)54-32-44-60(45-33-54)62(56-36-24-48(25-37-56)18-12-8-6-4-2)58-40-28-52(29-41-58)50-20-14-10-15-21-50/h4-18,20-47H,2-3,19H2,1H3/b7-5-,8-6-,13-9-,18-12+. The predicted molar refractivity (Wildman–Crippen MR) is 273 cm³/mol. The molecule has 0 spiro atoms. The largest absolute Gasteiger partial charge is 0.311 e. The van der Waals surface area contributed by atoms with Crippen LogP contribution in [0, 0.1) is 0 Å². The van der Waals surface area contributed by atoms with Crippen molar-refractivity contribution in [2.75, 3.05) is 9.80 Å². The molecule has 0 aliphatic rings. The van der Waals surface area contributed by atoms with Crippen LogP contribution in [0.1, 0.15) is 24.5 Å². The van der Waals surface area contributed by atoms with Crippen molar-refractivity contribution in [1.82, 2.24) is 0 Å². The number of anilines is 6. The van der Waals surface area contributed by atoms with Crippen molar-refractivity contribution in [1.29, 1.82) is 0 Å². The van der Waals surface area contributed by atoms with Gasteiger partial charge in [0.1, 0.15) is 0 Å². The van der Waals surface area contributed by atoms with E-state index in [2.05, 4.69) is 260 Å². The molecule has 0 unspecified atom stereocenters. The normalized spacial score (nSPS) is 11.5. The fraction of sp³-hybridized carbons (Fsp3) is 0.0492. The molecule has 63 heavy (non-hydrogen) atoms. The van der Waals surface area contributed by atoms with Gasteiger partial charge in [-0.15, -0.1) is 0 Å². The Morgan fingerprint density at radius 1 is 0.349 bits per heavy atom. The predicted octanol–water partition coefficient (Wildman–Crippen LogP) is 17.4. The molecule has 0 saturated heterocycles. The van der Waals surface area contributed by atoms with Gasteiger partial charge in [-0.05, 0) is 130 Å². The number of hydrogen-bond acceptors (Lipinski definition) is 2. The Balaban J connectivity index is 1.08. The number of benzene rings is 8. The quantitative estimate of drug-likeness (QED) is 0.0897. The van der Waals surface area contributed by atoms with E-state index in [1.165, 1.54) is 27.8 Å². The van der Waals surface area contributed by atoms with E-state index >= 15 is 0 Å². The monoisotopic (exact) mass is 812 g/mol. The zero-order chi connectivity index (χ0) is 43.1. The SMILES string of the molecule is C=C/C=C\C=C\c1ccc(N(c2ccc(-c3ccccc3)cc2)c2ccc(-c3ccc(N(c4ccc(C/C=C\C=C/CC)cc4)c4ccc(-c5ccccc5)cc4)cc3)cc2)cc1. The molecule has 8 aromatic rings. The summed E-state index contributed by atoms with van der Waals surface area (Å²) in [5.41, 5.74) is 16.1. The fourth-order valence-electron chi connectivity index (χ4n) is 7.69. The van der Waals surface area contributed by atoms with Gasteiger partial charge in [0.05, 0.1) is 0 Å². The lowest BCUT2D eigenvalue weighted by atomic mass is 10.0. The minimum atomic E-state index is 0.893. The van der Waals surface area contributed by atoms with Gasteiger partial charge in [0.25, 0.3) is 0 Å². The van der Waals surface area contributed by atoms with Crippen LogP contribution >= 0.6 is 0 Å². The number of hydrogen-bond donors (Lipinski definition) is 0. The first-order valence-corrected chi connectivity index (χ1v) is 21.7. The Hall–Kier alpha value is -7.94. The van der Waals surface area contributed by atoms with Gasteiger partial charge >= 0.3 is 0 Å². The molecule has 2 heteroatoms. The molecule has 0 heterocycles. The van der Waals surface area contributed by atoms with E-state index in [9.17, 15) is 0 Å². The summed E-state index contributed by atoms with van der Waals surface area (Å²) in [6, 6.07) is 74.2. The summed E-state index contributed by atoms with van der Waals surface area (Å²) in [5.74, 6) is 0. The van der Waals surface area contributed by atoms with Crippen molar-refractivity contribution in [3.8, 4) is 33.4 Å². The Morgan fingerprint density at radius 2 is 0.698 bits per heavy atom. The first kappa shape index (κ1) is 41.8. The first-order chi connectivity index (χ1) is 31.2. The van der Waals surface area contributed by atoms with Crippen molar-refractivity contribution in [3.63, 3.8) is 0 Å². The van der Waals surface area contributed by atoms with Crippen LogP contribution in [-0.2, 0) is 6.42 Å². The third-order valence-electron chi connectivity index (χ3n) is 11.0. The van der Waals surface area contributed by atoms with Crippen LogP contribution in [0.15, 0.2) is 261 Å². The Labute approximate surface area is 374 Å². The highest BCUT2D eigenvalue weighted by Gasteiger charge is 2.16. The third kappa shape index (κ3) is 10.7. The van der Waals surface area contributed by atoms with E-state index in [4.69, 9.17) is 0 Å². The molecule has 0 saturated carbocycles. The first-order valence-electron chi connectivity index (χ1n) is 21.7. The molecule has 0 atom stereocenters. The van der Waals surface area contributed by atoms with Crippen LogP contribution in [0.5, 0.6) is 0 Å². The van der Waals surface area contributed by atoms with Gasteiger partial charge in [0.15, 0.2) is 0 Å². The number of rotatable bonds is 16. The molecular formula is C61H52N2. The summed E-state index contributed by atoms with van der Waals surface area (Å²) in [5, 5.41) is 0. The minimum Gasteiger partial charge on any atom is -0.311 e. The lowest BCUT2D eigenvalue weighted by Gasteiger charge is -2.26. The number of nitrogens with zero attached hydrogens (tertiary/aromatic N) is 2. The molecule has 0 radical (unpaired) electrons. The number of allylic oxidation sites excluding steroid dienone is 8. The minimum absolute atomic E-state index is 0.893. The zero-order valence-electron chi connectivity index (χ0n) is 35.8. The van der Waals surface area contributed by atoms with Crippen LogP contribution in [0.3, 0.4) is 0 Å². The van der Waals surface area contributed by atoms with Gasteiger partial charge in [0.2, 0.25) is 0 Å². The Kier molecular flexibility index (Phi) is 14.0. The zero-order valence-corrected chi connectivity index (χ0v) is 35.8. The second kappa shape index (κ2) is 21.0. The molecule has 8 aromatic carbocycles. The maximum Gasteiger partial charge on any atom is 0.0462 e. The topological polar surface area (TPSA) is 6.48 Å². The van der Waals surface area contributed by atoms with Crippen LogP contribution in [0.4, 0.5) is 34.1 Å². The summed E-state index contributed by atoms with van der Waals surface area (Å²) in [4.78, 5) is 4.66. The second-order valence-corrected chi connectivity index (χ2v) is 15.3. The van der Waals surface area contributed by atoms with Crippen LogP contribution in [-0.4, -0.2) is 0 Å². The Bertz CT molecular complexity index is 2780. The van der Waals surface area contributed by atoms with Crippen molar-refractivity contribution >= 4 is 40.2 Å². The van der Waals surface area contributed by atoms with Crippen molar-refractivity contribution in [2.24, 2.45) is 0 Å².